The molecule has 3 amide bonds. The van der Waals surface area contributed by atoms with Crippen molar-refractivity contribution in [1.82, 2.24) is 20.0 Å². The van der Waals surface area contributed by atoms with Crippen molar-refractivity contribution in [2.75, 3.05) is 38.0 Å². The molecule has 0 aromatic carbocycles. The fourth-order valence-electron chi connectivity index (χ4n) is 2.50. The van der Waals surface area contributed by atoms with Gasteiger partial charge < -0.3 is 10.6 Å². The Morgan fingerprint density at radius 1 is 1.23 bits per heavy atom. The van der Waals surface area contributed by atoms with E-state index in [-0.39, 0.29) is 18.5 Å². The first-order valence-corrected chi connectivity index (χ1v) is 8.33. The zero-order valence-corrected chi connectivity index (χ0v) is 13.1. The second-order valence-electron chi connectivity index (χ2n) is 5.73. The minimum atomic E-state index is -0.334. The molecule has 2 aliphatic rings. The molecule has 8 nitrogen and oxygen atoms in total. The molecule has 0 unspecified atom stereocenters. The predicted octanol–water partition coefficient (Wildman–Crippen LogP) is 0.440. The van der Waals surface area contributed by atoms with E-state index in [4.69, 9.17) is 5.73 Å². The van der Waals surface area contributed by atoms with Crippen LogP contribution in [0.1, 0.15) is 30.2 Å². The number of carbonyl (C=O) groups is 2. The van der Waals surface area contributed by atoms with Crippen molar-refractivity contribution >= 4 is 28.4 Å². The van der Waals surface area contributed by atoms with Crippen LogP contribution in [0, 0.1) is 0 Å². The summed E-state index contributed by atoms with van der Waals surface area (Å²) in [7, 11) is 0. The molecule has 1 aliphatic heterocycles. The Hall–Kier alpha value is -1.74. The van der Waals surface area contributed by atoms with Crippen LogP contribution in [-0.4, -0.2) is 64.7 Å². The molecule has 2 fully saturated rings. The summed E-state index contributed by atoms with van der Waals surface area (Å²) in [5.41, 5.74) is 5.22. The molecule has 0 atom stereocenters. The highest BCUT2D eigenvalue weighted by atomic mass is 32.1. The van der Waals surface area contributed by atoms with Gasteiger partial charge in [-0.2, -0.15) is 0 Å². The number of nitrogens with two attached hydrogens (primary N) is 1. The van der Waals surface area contributed by atoms with Crippen molar-refractivity contribution in [3.8, 4) is 0 Å². The van der Waals surface area contributed by atoms with Crippen molar-refractivity contribution in [3.63, 3.8) is 0 Å². The second kappa shape index (κ2) is 6.57. The van der Waals surface area contributed by atoms with Gasteiger partial charge in [-0.3, -0.25) is 15.0 Å². The van der Waals surface area contributed by atoms with E-state index in [0.717, 1.165) is 18.0 Å². The molecule has 120 valence electrons. The zero-order valence-electron chi connectivity index (χ0n) is 12.3. The molecule has 1 aromatic heterocycles. The second-order valence-corrected chi connectivity index (χ2v) is 6.74. The zero-order chi connectivity index (χ0) is 15.5. The summed E-state index contributed by atoms with van der Waals surface area (Å²) in [6.07, 6.45) is 3.17. The molecule has 0 radical (unpaired) electrons. The quantitative estimate of drug-likeness (QED) is 0.836. The maximum Gasteiger partial charge on any atom is 0.323 e. The van der Waals surface area contributed by atoms with Crippen molar-refractivity contribution in [2.45, 2.75) is 25.2 Å². The summed E-state index contributed by atoms with van der Waals surface area (Å²) in [5.74, 6) is 0.211. The summed E-state index contributed by atoms with van der Waals surface area (Å²) >= 11 is 1.46. The lowest BCUT2D eigenvalue weighted by Gasteiger charge is -2.20. The van der Waals surface area contributed by atoms with Crippen LogP contribution in [0.15, 0.2) is 0 Å². The molecular weight excluding hydrogens is 304 g/mol. The van der Waals surface area contributed by atoms with Crippen LogP contribution in [0.5, 0.6) is 0 Å². The Morgan fingerprint density at radius 2 is 2.05 bits per heavy atom. The van der Waals surface area contributed by atoms with Crippen LogP contribution in [-0.2, 0) is 4.79 Å². The van der Waals surface area contributed by atoms with Crippen LogP contribution in [0.2, 0.25) is 0 Å². The third-order valence-corrected chi connectivity index (χ3v) is 4.84. The molecule has 1 saturated heterocycles. The Kier molecular flexibility index (Phi) is 4.53. The number of nitrogens with one attached hydrogen (secondary N) is 1. The number of anilines is 1. The lowest BCUT2D eigenvalue weighted by atomic mass is 10.4. The van der Waals surface area contributed by atoms with Gasteiger partial charge in [0.1, 0.15) is 5.01 Å². The monoisotopic (exact) mass is 324 g/mol. The van der Waals surface area contributed by atoms with Gasteiger partial charge in [0, 0.05) is 32.1 Å². The number of amides is 3. The number of urea groups is 1. The summed E-state index contributed by atoms with van der Waals surface area (Å²) in [6.45, 7) is 2.91. The van der Waals surface area contributed by atoms with Gasteiger partial charge in [0.2, 0.25) is 11.0 Å². The average Bonchev–Trinajstić information content (AvgIpc) is 3.25. The van der Waals surface area contributed by atoms with E-state index in [0.29, 0.717) is 30.7 Å². The molecular formula is C13H20N6O2S. The van der Waals surface area contributed by atoms with E-state index < -0.39 is 0 Å². The van der Waals surface area contributed by atoms with Crippen LogP contribution in [0.25, 0.3) is 0 Å². The normalized spacial score (nSPS) is 19.7. The van der Waals surface area contributed by atoms with E-state index in [2.05, 4.69) is 15.5 Å². The SMILES string of the molecule is NC(=O)CN1CCCN(C(=O)Nc2nnc(C3CC3)s2)CC1. The smallest absolute Gasteiger partial charge is 0.323 e. The van der Waals surface area contributed by atoms with E-state index in [1.807, 2.05) is 4.90 Å². The van der Waals surface area contributed by atoms with E-state index >= 15 is 0 Å². The van der Waals surface area contributed by atoms with Crippen molar-refractivity contribution in [2.24, 2.45) is 5.73 Å². The Morgan fingerprint density at radius 3 is 2.77 bits per heavy atom. The number of nitrogens with zero attached hydrogens (tertiary/aromatic N) is 4. The average molecular weight is 324 g/mol. The largest absolute Gasteiger partial charge is 0.369 e. The van der Waals surface area contributed by atoms with Gasteiger partial charge in [0.25, 0.3) is 0 Å². The highest BCUT2D eigenvalue weighted by Gasteiger charge is 2.28. The lowest BCUT2D eigenvalue weighted by Crippen LogP contribution is -2.39. The first-order valence-electron chi connectivity index (χ1n) is 7.52. The van der Waals surface area contributed by atoms with Crippen LogP contribution >= 0.6 is 11.3 Å². The Bertz CT molecular complexity index is 558. The van der Waals surface area contributed by atoms with Crippen LogP contribution in [0.3, 0.4) is 0 Å². The van der Waals surface area contributed by atoms with Crippen molar-refractivity contribution in [1.29, 1.82) is 0 Å². The molecule has 22 heavy (non-hydrogen) atoms. The molecule has 0 spiro atoms. The Balaban J connectivity index is 1.51. The third kappa shape index (κ3) is 3.92. The maximum absolute atomic E-state index is 12.3. The molecule has 3 rings (SSSR count). The minimum Gasteiger partial charge on any atom is -0.369 e. The molecule has 3 N–H and O–H groups in total. The standard InChI is InChI=1S/C13H20N6O2S/c14-10(20)8-18-4-1-5-19(7-6-18)13(21)15-12-17-16-11(22-12)9-2-3-9/h9H,1-8H2,(H2,14,20)(H,15,17,21). The minimum absolute atomic E-state index is 0.153. The first kappa shape index (κ1) is 15.2. The first-order chi connectivity index (χ1) is 10.6. The van der Waals surface area contributed by atoms with Crippen LogP contribution < -0.4 is 11.1 Å². The van der Waals surface area contributed by atoms with E-state index in [1.54, 1.807) is 4.90 Å². The van der Waals surface area contributed by atoms with Crippen molar-refractivity contribution < 1.29 is 9.59 Å². The van der Waals surface area contributed by atoms with Crippen molar-refractivity contribution in [3.05, 3.63) is 5.01 Å². The summed E-state index contributed by atoms with van der Waals surface area (Å²) in [5, 5.41) is 12.5. The van der Waals surface area contributed by atoms with Gasteiger partial charge in [-0.25, -0.2) is 4.79 Å². The number of primary amides is 1. The van der Waals surface area contributed by atoms with Gasteiger partial charge in [-0.15, -0.1) is 10.2 Å². The lowest BCUT2D eigenvalue weighted by molar-refractivity contribution is -0.119. The summed E-state index contributed by atoms with van der Waals surface area (Å²) < 4.78 is 0. The third-order valence-electron chi connectivity index (χ3n) is 3.84. The molecule has 0 bridgehead atoms. The fourth-order valence-corrected chi connectivity index (χ4v) is 3.41. The number of hydrogen-bond donors (Lipinski definition) is 2. The number of aromatic nitrogens is 2. The summed E-state index contributed by atoms with van der Waals surface area (Å²) in [4.78, 5) is 27.0. The topological polar surface area (TPSA) is 104 Å². The molecule has 9 heteroatoms. The molecule has 1 saturated carbocycles. The van der Waals surface area contributed by atoms with E-state index in [9.17, 15) is 9.59 Å². The fraction of sp³-hybridized carbons (Fsp3) is 0.692. The molecule has 1 aromatic rings. The van der Waals surface area contributed by atoms with Gasteiger partial charge >= 0.3 is 6.03 Å². The summed E-state index contributed by atoms with van der Waals surface area (Å²) in [6, 6.07) is -0.153. The van der Waals surface area contributed by atoms with Gasteiger partial charge in [-0.05, 0) is 19.3 Å². The highest BCUT2D eigenvalue weighted by molar-refractivity contribution is 7.15. The molecule has 2 heterocycles. The number of hydrogen-bond acceptors (Lipinski definition) is 6. The van der Waals surface area contributed by atoms with Gasteiger partial charge in [-0.1, -0.05) is 11.3 Å². The van der Waals surface area contributed by atoms with Gasteiger partial charge in [0.15, 0.2) is 0 Å². The molecule has 1 aliphatic carbocycles. The number of carbonyl (C=O) groups excluding carboxylic acids is 2. The van der Waals surface area contributed by atoms with Gasteiger partial charge in [0.05, 0.1) is 6.54 Å². The Labute approximate surface area is 132 Å². The predicted molar refractivity (Wildman–Crippen MR) is 82.7 cm³/mol. The van der Waals surface area contributed by atoms with Crippen LogP contribution in [0.4, 0.5) is 9.93 Å². The number of rotatable bonds is 4. The highest BCUT2D eigenvalue weighted by Crippen LogP contribution is 2.42. The maximum atomic E-state index is 12.3. The van der Waals surface area contributed by atoms with E-state index in [1.165, 1.54) is 24.2 Å².